The summed E-state index contributed by atoms with van der Waals surface area (Å²) in [6.07, 6.45) is 1.47. The topological polar surface area (TPSA) is 80.0 Å². The molecule has 98 valence electrons. The fourth-order valence-corrected chi connectivity index (χ4v) is 1.56. The van der Waals surface area contributed by atoms with E-state index in [1.807, 2.05) is 0 Å². The van der Waals surface area contributed by atoms with Gasteiger partial charge in [0.15, 0.2) is 0 Å². The van der Waals surface area contributed by atoms with Gasteiger partial charge in [0.2, 0.25) is 0 Å². The molecule has 0 saturated carbocycles. The summed E-state index contributed by atoms with van der Waals surface area (Å²) in [6, 6.07) is 7.50. The van der Waals surface area contributed by atoms with Crippen molar-refractivity contribution < 1.29 is 9.18 Å². The summed E-state index contributed by atoms with van der Waals surface area (Å²) in [4.78, 5) is 15.9. The molecule has 0 spiro atoms. The van der Waals surface area contributed by atoms with Gasteiger partial charge in [0, 0.05) is 11.9 Å². The number of hydrogen-bond donors (Lipinski definition) is 3. The summed E-state index contributed by atoms with van der Waals surface area (Å²) in [6.45, 7) is 1.63. The molecule has 5 nitrogen and oxygen atoms in total. The van der Waals surface area contributed by atoms with Gasteiger partial charge in [-0.15, -0.1) is 0 Å². The number of hydrazine groups is 1. The molecule has 1 aromatic heterocycles. The van der Waals surface area contributed by atoms with Gasteiger partial charge in [0.05, 0.1) is 5.69 Å². The minimum Gasteiger partial charge on any atom is -0.324 e. The molecule has 0 aliphatic heterocycles. The van der Waals surface area contributed by atoms with Crippen LogP contribution >= 0.6 is 0 Å². The van der Waals surface area contributed by atoms with Crippen LogP contribution in [0.5, 0.6) is 0 Å². The molecular weight excluding hydrogens is 247 g/mol. The Kier molecular flexibility index (Phi) is 3.72. The number of rotatable bonds is 3. The predicted molar refractivity (Wildman–Crippen MR) is 71.1 cm³/mol. The molecule has 0 fully saturated rings. The molecule has 2 aromatic rings. The molecule has 0 saturated heterocycles. The van der Waals surface area contributed by atoms with Crippen LogP contribution in [0, 0.1) is 12.7 Å². The number of benzene rings is 1. The average molecular weight is 260 g/mol. The molecule has 1 aromatic carbocycles. The second-order valence-electron chi connectivity index (χ2n) is 3.99. The summed E-state index contributed by atoms with van der Waals surface area (Å²) in [5, 5.41) is 2.64. The van der Waals surface area contributed by atoms with E-state index in [2.05, 4.69) is 15.7 Å². The first-order valence-corrected chi connectivity index (χ1v) is 5.60. The Morgan fingerprint density at radius 1 is 1.26 bits per heavy atom. The van der Waals surface area contributed by atoms with Gasteiger partial charge >= 0.3 is 0 Å². The fourth-order valence-electron chi connectivity index (χ4n) is 1.56. The normalized spacial score (nSPS) is 10.1. The molecule has 0 bridgehead atoms. The number of halogens is 1. The number of nitrogen functional groups attached to an aromatic ring is 1. The van der Waals surface area contributed by atoms with Gasteiger partial charge in [0.1, 0.15) is 11.5 Å². The highest BCUT2D eigenvalue weighted by molar-refractivity contribution is 6.03. The quantitative estimate of drug-likeness (QED) is 0.583. The van der Waals surface area contributed by atoms with Crippen LogP contribution in [0.1, 0.15) is 16.1 Å². The number of anilines is 2. The number of nitrogens with zero attached hydrogens (tertiary/aromatic N) is 1. The third-order valence-electron chi connectivity index (χ3n) is 2.58. The Morgan fingerprint density at radius 2 is 2.05 bits per heavy atom. The number of nitrogens with one attached hydrogen (secondary N) is 2. The first-order chi connectivity index (χ1) is 9.10. The van der Waals surface area contributed by atoms with E-state index in [1.54, 1.807) is 19.1 Å². The second-order valence-corrected chi connectivity index (χ2v) is 3.99. The lowest BCUT2D eigenvalue weighted by Gasteiger charge is -2.07. The van der Waals surface area contributed by atoms with Crippen LogP contribution in [-0.2, 0) is 0 Å². The maximum absolute atomic E-state index is 13.1. The van der Waals surface area contributed by atoms with Crippen LogP contribution in [0.3, 0.4) is 0 Å². The van der Waals surface area contributed by atoms with Crippen LogP contribution in [0.2, 0.25) is 0 Å². The number of pyridine rings is 1. The van der Waals surface area contributed by atoms with Gasteiger partial charge in [-0.25, -0.2) is 4.39 Å². The minimum absolute atomic E-state index is 0.220. The van der Waals surface area contributed by atoms with Gasteiger partial charge in [-0.1, -0.05) is 0 Å². The lowest BCUT2D eigenvalue weighted by molar-refractivity contribution is 0.102. The lowest BCUT2D eigenvalue weighted by Crippen LogP contribution is -2.15. The van der Waals surface area contributed by atoms with E-state index in [0.29, 0.717) is 16.9 Å². The maximum Gasteiger partial charge on any atom is 0.274 e. The molecule has 2 rings (SSSR count). The van der Waals surface area contributed by atoms with Crippen LogP contribution in [0.25, 0.3) is 0 Å². The largest absolute Gasteiger partial charge is 0.324 e. The highest BCUT2D eigenvalue weighted by Gasteiger charge is 2.09. The average Bonchev–Trinajstić information content (AvgIpc) is 2.43. The van der Waals surface area contributed by atoms with Crippen molar-refractivity contribution in [1.82, 2.24) is 4.98 Å². The SMILES string of the molecule is Cc1cc(NC(=O)c2cc(NN)ccn2)ccc1F. The molecule has 0 aliphatic rings. The zero-order chi connectivity index (χ0) is 13.8. The standard InChI is InChI=1S/C13H13FN4O/c1-8-6-9(2-3-11(8)14)17-13(19)12-7-10(18-15)4-5-16-12/h2-7H,15H2,1H3,(H,16,18)(H,17,19). The number of amides is 1. The minimum atomic E-state index is -0.386. The zero-order valence-electron chi connectivity index (χ0n) is 10.3. The van der Waals surface area contributed by atoms with E-state index in [1.165, 1.54) is 24.4 Å². The van der Waals surface area contributed by atoms with Crippen molar-refractivity contribution in [1.29, 1.82) is 0 Å². The van der Waals surface area contributed by atoms with Crippen LogP contribution in [0.4, 0.5) is 15.8 Å². The van der Waals surface area contributed by atoms with Crippen molar-refractivity contribution in [3.63, 3.8) is 0 Å². The Labute approximate surface area is 109 Å². The first kappa shape index (κ1) is 13.0. The van der Waals surface area contributed by atoms with Crippen molar-refractivity contribution in [3.05, 3.63) is 53.6 Å². The van der Waals surface area contributed by atoms with Crippen molar-refractivity contribution >= 4 is 17.3 Å². The van der Waals surface area contributed by atoms with Gasteiger partial charge in [-0.05, 0) is 42.8 Å². The number of hydrogen-bond acceptors (Lipinski definition) is 4. The van der Waals surface area contributed by atoms with Crippen molar-refractivity contribution in [2.45, 2.75) is 6.92 Å². The van der Waals surface area contributed by atoms with Crippen molar-refractivity contribution in [2.24, 2.45) is 5.84 Å². The number of carbonyl (C=O) groups excluding carboxylic acids is 1. The predicted octanol–water partition coefficient (Wildman–Crippen LogP) is 2.07. The maximum atomic E-state index is 13.1. The van der Waals surface area contributed by atoms with E-state index in [9.17, 15) is 9.18 Å². The first-order valence-electron chi connectivity index (χ1n) is 5.60. The third kappa shape index (κ3) is 3.05. The van der Waals surface area contributed by atoms with E-state index >= 15 is 0 Å². The summed E-state index contributed by atoms with van der Waals surface area (Å²) >= 11 is 0. The summed E-state index contributed by atoms with van der Waals surface area (Å²) in [5.41, 5.74) is 4.20. The molecule has 1 amide bonds. The molecule has 4 N–H and O–H groups in total. The van der Waals surface area contributed by atoms with Crippen LogP contribution in [0.15, 0.2) is 36.5 Å². The zero-order valence-corrected chi connectivity index (χ0v) is 10.3. The highest BCUT2D eigenvalue weighted by Crippen LogP contribution is 2.15. The Bertz CT molecular complexity index is 615. The van der Waals surface area contributed by atoms with Crippen LogP contribution < -0.4 is 16.6 Å². The number of carbonyl (C=O) groups is 1. The monoisotopic (exact) mass is 260 g/mol. The Hall–Kier alpha value is -2.47. The summed E-state index contributed by atoms with van der Waals surface area (Å²) < 4.78 is 13.1. The Morgan fingerprint density at radius 3 is 2.74 bits per heavy atom. The molecule has 0 unspecified atom stereocenters. The molecule has 0 atom stereocenters. The highest BCUT2D eigenvalue weighted by atomic mass is 19.1. The number of aromatic nitrogens is 1. The van der Waals surface area contributed by atoms with Crippen LogP contribution in [-0.4, -0.2) is 10.9 Å². The smallest absolute Gasteiger partial charge is 0.274 e. The molecule has 0 radical (unpaired) electrons. The lowest BCUT2D eigenvalue weighted by atomic mass is 10.2. The fraction of sp³-hybridized carbons (Fsp3) is 0.0769. The summed E-state index contributed by atoms with van der Waals surface area (Å²) in [7, 11) is 0. The molecule has 6 heteroatoms. The van der Waals surface area contributed by atoms with Gasteiger partial charge in [-0.3, -0.25) is 15.6 Å². The van der Waals surface area contributed by atoms with E-state index in [-0.39, 0.29) is 17.4 Å². The third-order valence-corrected chi connectivity index (χ3v) is 2.58. The summed E-state index contributed by atoms with van der Waals surface area (Å²) in [5.74, 6) is 4.56. The van der Waals surface area contributed by atoms with E-state index in [0.717, 1.165) is 0 Å². The molecular formula is C13H13FN4O. The van der Waals surface area contributed by atoms with Gasteiger partial charge in [-0.2, -0.15) is 0 Å². The second kappa shape index (κ2) is 5.45. The molecule has 0 aliphatic carbocycles. The molecule has 1 heterocycles. The van der Waals surface area contributed by atoms with Gasteiger partial charge in [0.25, 0.3) is 5.91 Å². The van der Waals surface area contributed by atoms with Gasteiger partial charge < -0.3 is 10.7 Å². The Balaban J connectivity index is 2.18. The number of aryl methyl sites for hydroxylation is 1. The number of nitrogens with two attached hydrogens (primary N) is 1. The van der Waals surface area contributed by atoms with Crippen molar-refractivity contribution in [3.8, 4) is 0 Å². The van der Waals surface area contributed by atoms with E-state index < -0.39 is 0 Å². The van der Waals surface area contributed by atoms with E-state index in [4.69, 9.17) is 5.84 Å². The molecule has 19 heavy (non-hydrogen) atoms. The van der Waals surface area contributed by atoms with Crippen molar-refractivity contribution in [2.75, 3.05) is 10.7 Å².